The lowest BCUT2D eigenvalue weighted by Crippen LogP contribution is -2.22. The predicted octanol–water partition coefficient (Wildman–Crippen LogP) is 2.55. The zero-order valence-electron chi connectivity index (χ0n) is 12.7. The molecule has 0 saturated carbocycles. The first-order valence-electron chi connectivity index (χ1n) is 6.72. The van der Waals surface area contributed by atoms with E-state index in [9.17, 15) is 8.42 Å². The van der Waals surface area contributed by atoms with Gasteiger partial charge in [0.2, 0.25) is 0 Å². The van der Waals surface area contributed by atoms with Gasteiger partial charge in [0.05, 0.1) is 16.5 Å². The second-order valence-corrected chi connectivity index (χ2v) is 7.16. The summed E-state index contributed by atoms with van der Waals surface area (Å²) < 4.78 is 23.0. The molecular weight excluding hydrogens is 298 g/mol. The Morgan fingerprint density at radius 3 is 2.27 bits per heavy atom. The smallest absolute Gasteiger partial charge is 0.175 e. The molecule has 0 aliphatic heterocycles. The Balaban J connectivity index is 2.23. The third-order valence-electron chi connectivity index (χ3n) is 3.61. The average Bonchev–Trinajstić information content (AvgIpc) is 2.53. The van der Waals surface area contributed by atoms with E-state index < -0.39 is 9.84 Å². The van der Waals surface area contributed by atoms with Crippen LogP contribution in [0.15, 0.2) is 47.5 Å². The van der Waals surface area contributed by atoms with Crippen LogP contribution in [-0.4, -0.2) is 26.7 Å². The minimum atomic E-state index is -3.18. The second-order valence-electron chi connectivity index (χ2n) is 5.14. The van der Waals surface area contributed by atoms with Crippen LogP contribution in [0.4, 0.5) is 5.82 Å². The van der Waals surface area contributed by atoms with Crippen molar-refractivity contribution in [1.82, 2.24) is 4.98 Å². The van der Waals surface area contributed by atoms with Gasteiger partial charge >= 0.3 is 0 Å². The van der Waals surface area contributed by atoms with Crippen molar-refractivity contribution in [3.8, 4) is 6.07 Å². The molecule has 0 radical (unpaired) electrons. The topological polar surface area (TPSA) is 74.1 Å². The van der Waals surface area contributed by atoms with Crippen molar-refractivity contribution in [3.05, 3.63) is 53.7 Å². The summed E-state index contributed by atoms with van der Waals surface area (Å²) in [4.78, 5) is 6.54. The largest absolute Gasteiger partial charge is 0.353 e. The Bertz CT molecular complexity index is 791. The van der Waals surface area contributed by atoms with Crippen LogP contribution in [-0.2, 0) is 9.84 Å². The molecule has 0 aliphatic carbocycles. The van der Waals surface area contributed by atoms with Crippen molar-refractivity contribution in [2.75, 3.05) is 18.2 Å². The van der Waals surface area contributed by atoms with E-state index >= 15 is 0 Å². The molecule has 1 atom stereocenters. The van der Waals surface area contributed by atoms with Gasteiger partial charge in [0.1, 0.15) is 11.9 Å². The number of hydrogen-bond donors (Lipinski definition) is 0. The number of nitrogens with zero attached hydrogens (tertiary/aromatic N) is 3. The van der Waals surface area contributed by atoms with Crippen molar-refractivity contribution >= 4 is 15.7 Å². The van der Waals surface area contributed by atoms with Gasteiger partial charge < -0.3 is 4.90 Å². The highest BCUT2D eigenvalue weighted by Gasteiger charge is 2.14. The Labute approximate surface area is 130 Å². The molecule has 0 bridgehead atoms. The highest BCUT2D eigenvalue weighted by Crippen LogP contribution is 2.24. The van der Waals surface area contributed by atoms with E-state index in [1.54, 1.807) is 36.4 Å². The Hall–Kier alpha value is -2.39. The molecule has 1 heterocycles. The molecule has 6 heteroatoms. The molecule has 0 fully saturated rings. The molecular formula is C16H17N3O2S. The molecule has 0 spiro atoms. The highest BCUT2D eigenvalue weighted by atomic mass is 32.2. The normalized spacial score (nSPS) is 12.5. The summed E-state index contributed by atoms with van der Waals surface area (Å²) in [7, 11) is -1.28. The van der Waals surface area contributed by atoms with Gasteiger partial charge in [-0.3, -0.25) is 0 Å². The first-order chi connectivity index (χ1) is 10.3. The first-order valence-corrected chi connectivity index (χ1v) is 8.61. The summed E-state index contributed by atoms with van der Waals surface area (Å²) in [6.45, 7) is 2.01. The fourth-order valence-corrected chi connectivity index (χ4v) is 2.71. The molecule has 1 aromatic carbocycles. The maximum Gasteiger partial charge on any atom is 0.175 e. The zero-order chi connectivity index (χ0) is 16.3. The van der Waals surface area contributed by atoms with Crippen molar-refractivity contribution in [2.24, 2.45) is 0 Å². The lowest BCUT2D eigenvalue weighted by Gasteiger charge is -2.26. The minimum Gasteiger partial charge on any atom is -0.353 e. The van der Waals surface area contributed by atoms with Gasteiger partial charge in [-0.05, 0) is 36.8 Å². The quantitative estimate of drug-likeness (QED) is 0.867. The monoisotopic (exact) mass is 315 g/mol. The molecule has 0 amide bonds. The van der Waals surface area contributed by atoms with Crippen LogP contribution in [0.3, 0.4) is 0 Å². The van der Waals surface area contributed by atoms with Crippen LogP contribution in [0, 0.1) is 11.3 Å². The van der Waals surface area contributed by atoms with Crippen LogP contribution in [0.25, 0.3) is 0 Å². The summed E-state index contributed by atoms with van der Waals surface area (Å²) in [5, 5.41) is 8.79. The first kappa shape index (κ1) is 16.0. The molecule has 0 unspecified atom stereocenters. The molecule has 22 heavy (non-hydrogen) atoms. The minimum absolute atomic E-state index is 0.0223. The number of anilines is 1. The maximum absolute atomic E-state index is 11.5. The van der Waals surface area contributed by atoms with E-state index in [2.05, 4.69) is 4.98 Å². The standard InChI is InChI=1S/C16H17N3O2S/c1-12(14-5-7-15(8-6-14)22(3,20)21)19(2)16-9-4-13(10-17)11-18-16/h4-9,11-12H,1-3H3/t12-/m0/s1. The maximum atomic E-state index is 11.5. The van der Waals surface area contributed by atoms with Gasteiger partial charge in [-0.2, -0.15) is 5.26 Å². The van der Waals surface area contributed by atoms with E-state index in [4.69, 9.17) is 5.26 Å². The van der Waals surface area contributed by atoms with E-state index in [0.29, 0.717) is 10.5 Å². The predicted molar refractivity (Wildman–Crippen MR) is 85.3 cm³/mol. The Morgan fingerprint density at radius 2 is 1.82 bits per heavy atom. The number of benzene rings is 1. The van der Waals surface area contributed by atoms with Gasteiger partial charge in [-0.15, -0.1) is 0 Å². The number of pyridine rings is 1. The fraction of sp³-hybridized carbons (Fsp3) is 0.250. The van der Waals surface area contributed by atoms with Crippen molar-refractivity contribution in [3.63, 3.8) is 0 Å². The summed E-state index contributed by atoms with van der Waals surface area (Å²) in [6.07, 6.45) is 2.73. The summed E-state index contributed by atoms with van der Waals surface area (Å²) in [6, 6.07) is 12.4. The van der Waals surface area contributed by atoms with Crippen LogP contribution >= 0.6 is 0 Å². The van der Waals surface area contributed by atoms with E-state index in [1.165, 1.54) is 12.5 Å². The van der Waals surface area contributed by atoms with E-state index in [-0.39, 0.29) is 6.04 Å². The van der Waals surface area contributed by atoms with E-state index in [1.807, 2.05) is 24.9 Å². The number of hydrogen-bond acceptors (Lipinski definition) is 5. The Kier molecular flexibility index (Phi) is 4.48. The molecule has 5 nitrogen and oxygen atoms in total. The average molecular weight is 315 g/mol. The SMILES string of the molecule is C[C@@H](c1ccc(S(C)(=O)=O)cc1)N(C)c1ccc(C#N)cn1. The number of rotatable bonds is 4. The van der Waals surface area contributed by atoms with E-state index in [0.717, 1.165) is 11.4 Å². The number of sulfone groups is 1. The molecule has 0 N–H and O–H groups in total. The zero-order valence-corrected chi connectivity index (χ0v) is 13.5. The van der Waals surface area contributed by atoms with Gasteiger partial charge in [-0.25, -0.2) is 13.4 Å². The lowest BCUT2D eigenvalue weighted by molar-refractivity contribution is 0.601. The second kappa shape index (κ2) is 6.16. The molecule has 2 rings (SSSR count). The molecule has 0 saturated heterocycles. The van der Waals surface area contributed by atoms with Gasteiger partial charge in [-0.1, -0.05) is 12.1 Å². The molecule has 0 aliphatic rings. The van der Waals surface area contributed by atoms with Gasteiger partial charge in [0.25, 0.3) is 0 Å². The van der Waals surface area contributed by atoms with Crippen LogP contribution in [0.5, 0.6) is 0 Å². The number of aromatic nitrogens is 1. The van der Waals surface area contributed by atoms with Crippen LogP contribution in [0.1, 0.15) is 24.1 Å². The third-order valence-corrected chi connectivity index (χ3v) is 4.74. The lowest BCUT2D eigenvalue weighted by atomic mass is 10.1. The van der Waals surface area contributed by atoms with Gasteiger partial charge in [0.15, 0.2) is 9.84 Å². The summed E-state index contributed by atoms with van der Waals surface area (Å²) in [5.74, 6) is 0.749. The van der Waals surface area contributed by atoms with Crippen LogP contribution < -0.4 is 4.90 Å². The van der Waals surface area contributed by atoms with Crippen LogP contribution in [0.2, 0.25) is 0 Å². The molecule has 1 aromatic heterocycles. The summed E-state index contributed by atoms with van der Waals surface area (Å²) in [5.41, 5.74) is 1.50. The molecule has 2 aromatic rings. The van der Waals surface area contributed by atoms with Crippen molar-refractivity contribution in [2.45, 2.75) is 17.9 Å². The summed E-state index contributed by atoms with van der Waals surface area (Å²) >= 11 is 0. The van der Waals surface area contributed by atoms with Crippen molar-refractivity contribution < 1.29 is 8.42 Å². The number of nitriles is 1. The molecule has 114 valence electrons. The van der Waals surface area contributed by atoms with Crippen molar-refractivity contribution in [1.29, 1.82) is 5.26 Å². The fourth-order valence-electron chi connectivity index (χ4n) is 2.08. The van der Waals surface area contributed by atoms with Gasteiger partial charge in [0, 0.05) is 19.5 Å². The highest BCUT2D eigenvalue weighted by molar-refractivity contribution is 7.90. The third kappa shape index (κ3) is 3.43. The Morgan fingerprint density at radius 1 is 1.18 bits per heavy atom.